The van der Waals surface area contributed by atoms with Crippen molar-refractivity contribution in [1.82, 2.24) is 10.7 Å². The molecule has 0 saturated heterocycles. The third-order valence-corrected chi connectivity index (χ3v) is 1.69. The third kappa shape index (κ3) is 2.88. The van der Waals surface area contributed by atoms with Crippen LogP contribution in [0.4, 0.5) is 0 Å². The molecule has 0 atom stereocenters. The zero-order valence-electron chi connectivity index (χ0n) is 6.58. The summed E-state index contributed by atoms with van der Waals surface area (Å²) in [5.41, 5.74) is 1.18. The molecule has 8 N–H and O–H groups in total. The second-order valence-corrected chi connectivity index (χ2v) is 2.79. The highest BCUT2D eigenvalue weighted by Gasteiger charge is 2.28. The summed E-state index contributed by atoms with van der Waals surface area (Å²) in [7, 11) is 0. The zero-order chi connectivity index (χ0) is 9.61. The van der Waals surface area contributed by atoms with Crippen molar-refractivity contribution in [3.05, 3.63) is 0 Å². The second kappa shape index (κ2) is 5.22. The highest BCUT2D eigenvalue weighted by atomic mass is 32.1. The summed E-state index contributed by atoms with van der Waals surface area (Å²) in [6.45, 7) is -1.24. The highest BCUT2D eigenvalue weighted by Crippen LogP contribution is 2.00. The van der Waals surface area contributed by atoms with Gasteiger partial charge in [-0.25, -0.2) is 5.43 Å². The van der Waals surface area contributed by atoms with E-state index in [-0.39, 0.29) is 5.11 Å². The van der Waals surface area contributed by atoms with Gasteiger partial charge in [-0.05, 0) is 12.2 Å². The Kier molecular flexibility index (Phi) is 5.02. The SMILES string of the molecule is [NH3+]NC(=S)NC(CO)(CO)CO. The van der Waals surface area contributed by atoms with Gasteiger partial charge in [0.05, 0.1) is 19.8 Å². The van der Waals surface area contributed by atoms with Crippen molar-refractivity contribution < 1.29 is 21.2 Å². The molecule has 0 aromatic heterocycles. The Morgan fingerprint density at radius 1 is 1.25 bits per heavy atom. The van der Waals surface area contributed by atoms with E-state index < -0.39 is 25.4 Å². The maximum Gasteiger partial charge on any atom is 0.213 e. The second-order valence-electron chi connectivity index (χ2n) is 2.39. The summed E-state index contributed by atoms with van der Waals surface area (Å²) < 4.78 is 0. The molecule has 0 amide bonds. The first-order chi connectivity index (χ1) is 5.64. The van der Waals surface area contributed by atoms with Crippen molar-refractivity contribution in [1.29, 1.82) is 0 Å². The molecule has 0 aliphatic carbocycles. The number of rotatable bonds is 4. The summed E-state index contributed by atoms with van der Waals surface area (Å²) >= 11 is 4.68. The lowest BCUT2D eigenvalue weighted by atomic mass is 10.0. The van der Waals surface area contributed by atoms with Crippen LogP contribution in [0.2, 0.25) is 0 Å². The first-order valence-corrected chi connectivity index (χ1v) is 3.73. The fourth-order valence-corrected chi connectivity index (χ4v) is 0.770. The molecule has 0 heterocycles. The standard InChI is InChI=1S/C5H13N3O3S/c6-8-4(12)7-5(1-9,2-10)3-11/h9-11H,1-3,6H2,(H2,7,8,12)/p+1. The fraction of sp³-hybridized carbons (Fsp3) is 0.800. The van der Waals surface area contributed by atoms with Gasteiger partial charge in [0.25, 0.3) is 0 Å². The summed E-state index contributed by atoms with van der Waals surface area (Å²) in [4.78, 5) is 0. The number of nitrogens with one attached hydrogen (secondary N) is 2. The van der Waals surface area contributed by atoms with Gasteiger partial charge in [0.2, 0.25) is 5.11 Å². The minimum Gasteiger partial charge on any atom is -0.394 e. The van der Waals surface area contributed by atoms with Gasteiger partial charge in [-0.3, -0.25) is 5.84 Å². The van der Waals surface area contributed by atoms with Crippen molar-refractivity contribution in [2.75, 3.05) is 19.8 Å². The van der Waals surface area contributed by atoms with E-state index in [1.54, 1.807) is 0 Å². The number of hydrogen-bond acceptors (Lipinski definition) is 4. The molecular formula is C5H14N3O3S+. The normalized spacial score (nSPS) is 11.0. The van der Waals surface area contributed by atoms with Gasteiger partial charge in [-0.2, -0.15) is 0 Å². The van der Waals surface area contributed by atoms with Crippen LogP contribution in [0.15, 0.2) is 0 Å². The third-order valence-electron chi connectivity index (χ3n) is 1.45. The summed E-state index contributed by atoms with van der Waals surface area (Å²) in [5.74, 6) is 3.27. The highest BCUT2D eigenvalue weighted by molar-refractivity contribution is 7.80. The monoisotopic (exact) mass is 196 g/mol. The van der Waals surface area contributed by atoms with E-state index in [9.17, 15) is 0 Å². The lowest BCUT2D eigenvalue weighted by molar-refractivity contribution is -0.419. The number of quaternary nitrogens is 1. The quantitative estimate of drug-likeness (QED) is 0.204. The van der Waals surface area contributed by atoms with Gasteiger partial charge in [0.15, 0.2) is 0 Å². The molecule has 0 aromatic carbocycles. The summed E-state index contributed by atoms with van der Waals surface area (Å²) in [6.07, 6.45) is 0. The van der Waals surface area contributed by atoms with Gasteiger partial charge in [-0.1, -0.05) is 0 Å². The van der Waals surface area contributed by atoms with E-state index in [4.69, 9.17) is 15.3 Å². The Labute approximate surface area is 75.4 Å². The van der Waals surface area contributed by atoms with Crippen LogP contribution in [0.1, 0.15) is 0 Å². The van der Waals surface area contributed by atoms with Crippen molar-refractivity contribution >= 4 is 17.3 Å². The number of aliphatic hydroxyl groups excluding tert-OH is 3. The predicted molar refractivity (Wildman–Crippen MR) is 45.7 cm³/mol. The largest absolute Gasteiger partial charge is 0.394 e. The molecule has 72 valence electrons. The van der Waals surface area contributed by atoms with Gasteiger partial charge in [0.1, 0.15) is 5.54 Å². The number of thiocarbonyl (C=S) groups is 1. The van der Waals surface area contributed by atoms with E-state index in [2.05, 4.69) is 28.8 Å². The van der Waals surface area contributed by atoms with E-state index in [1.165, 1.54) is 0 Å². The molecular weight excluding hydrogens is 182 g/mol. The van der Waals surface area contributed by atoms with Crippen LogP contribution < -0.4 is 16.6 Å². The fourth-order valence-electron chi connectivity index (χ4n) is 0.554. The Balaban J connectivity index is 4.19. The number of aliphatic hydroxyl groups is 3. The van der Waals surface area contributed by atoms with Gasteiger partial charge in [0, 0.05) is 0 Å². The molecule has 0 rings (SSSR count). The maximum absolute atomic E-state index is 8.83. The minimum atomic E-state index is -1.18. The van der Waals surface area contributed by atoms with Crippen molar-refractivity contribution in [2.24, 2.45) is 0 Å². The topological polar surface area (TPSA) is 112 Å². The average Bonchev–Trinajstić information content (AvgIpc) is 2.14. The van der Waals surface area contributed by atoms with Crippen molar-refractivity contribution in [2.45, 2.75) is 5.54 Å². The molecule has 0 saturated carbocycles. The lowest BCUT2D eigenvalue weighted by Gasteiger charge is -2.28. The average molecular weight is 196 g/mol. The van der Waals surface area contributed by atoms with E-state index >= 15 is 0 Å². The lowest BCUT2D eigenvalue weighted by Crippen LogP contribution is -2.72. The molecule has 12 heavy (non-hydrogen) atoms. The van der Waals surface area contributed by atoms with Crippen molar-refractivity contribution in [3.63, 3.8) is 0 Å². The van der Waals surface area contributed by atoms with Gasteiger partial charge < -0.3 is 20.6 Å². The Hall–Kier alpha value is -0.470. The molecule has 0 fully saturated rings. The van der Waals surface area contributed by atoms with E-state index in [0.717, 1.165) is 0 Å². The van der Waals surface area contributed by atoms with E-state index in [1.807, 2.05) is 0 Å². The zero-order valence-corrected chi connectivity index (χ0v) is 7.39. The number of hydrogen-bond donors (Lipinski definition) is 6. The molecule has 0 aromatic rings. The van der Waals surface area contributed by atoms with Crippen LogP contribution in [0, 0.1) is 0 Å². The van der Waals surface area contributed by atoms with Crippen LogP contribution in [-0.4, -0.2) is 45.8 Å². The molecule has 0 unspecified atom stereocenters. The van der Waals surface area contributed by atoms with Crippen LogP contribution in [0.3, 0.4) is 0 Å². The summed E-state index contributed by atoms with van der Waals surface area (Å²) in [6, 6.07) is 0. The Morgan fingerprint density at radius 2 is 1.67 bits per heavy atom. The molecule has 0 aliphatic rings. The predicted octanol–water partition coefficient (Wildman–Crippen LogP) is -3.68. The molecule has 0 aliphatic heterocycles. The molecule has 0 radical (unpaired) electrons. The van der Waals surface area contributed by atoms with Gasteiger partial charge in [-0.15, -0.1) is 0 Å². The molecule has 7 heteroatoms. The maximum atomic E-state index is 8.83. The molecule has 0 bridgehead atoms. The Morgan fingerprint density at radius 3 is 1.92 bits per heavy atom. The minimum absolute atomic E-state index is 0.159. The smallest absolute Gasteiger partial charge is 0.213 e. The van der Waals surface area contributed by atoms with Crippen LogP contribution >= 0.6 is 12.2 Å². The van der Waals surface area contributed by atoms with Crippen LogP contribution in [-0.2, 0) is 0 Å². The van der Waals surface area contributed by atoms with Crippen molar-refractivity contribution in [3.8, 4) is 0 Å². The van der Waals surface area contributed by atoms with Crippen LogP contribution in [0.25, 0.3) is 0 Å². The molecule has 0 spiro atoms. The Bertz CT molecular complexity index is 143. The molecule has 6 nitrogen and oxygen atoms in total. The summed E-state index contributed by atoms with van der Waals surface area (Å²) in [5, 5.41) is 29.2. The van der Waals surface area contributed by atoms with Gasteiger partial charge >= 0.3 is 0 Å². The first kappa shape index (κ1) is 11.5. The van der Waals surface area contributed by atoms with E-state index in [0.29, 0.717) is 0 Å². The van der Waals surface area contributed by atoms with Crippen LogP contribution in [0.5, 0.6) is 0 Å². The first-order valence-electron chi connectivity index (χ1n) is 3.32.